The third kappa shape index (κ3) is 2.98. The average Bonchev–Trinajstić information content (AvgIpc) is 2.81. The summed E-state index contributed by atoms with van der Waals surface area (Å²) < 4.78 is 1.33. The minimum atomic E-state index is 0.731. The normalized spacial score (nSPS) is 21.7. The van der Waals surface area contributed by atoms with Gasteiger partial charge >= 0.3 is 0 Å². The van der Waals surface area contributed by atoms with Crippen LogP contribution in [0.3, 0.4) is 0 Å². The molecule has 0 amide bonds. The second-order valence-electron chi connectivity index (χ2n) is 5.87. The molecule has 1 aliphatic heterocycles. The molecule has 1 aliphatic rings. The summed E-state index contributed by atoms with van der Waals surface area (Å²) in [4.78, 5) is 4.81. The number of nitrogens with one attached hydrogen (secondary N) is 1. The van der Waals surface area contributed by atoms with Gasteiger partial charge in [0, 0.05) is 6.42 Å². The van der Waals surface area contributed by atoms with Crippen LogP contribution < -0.4 is 5.32 Å². The molecule has 0 bridgehead atoms. The van der Waals surface area contributed by atoms with Gasteiger partial charge in [0.2, 0.25) is 0 Å². The lowest BCUT2D eigenvalue weighted by Crippen LogP contribution is -2.33. The summed E-state index contributed by atoms with van der Waals surface area (Å²) in [5, 5.41) is 4.82. The van der Waals surface area contributed by atoms with Crippen LogP contribution in [0.4, 0.5) is 0 Å². The molecule has 1 N–H and O–H groups in total. The number of rotatable bonds is 3. The molecule has 2 atom stereocenters. The quantitative estimate of drug-likeness (QED) is 0.921. The number of hydrogen-bond donors (Lipinski definition) is 1. The van der Waals surface area contributed by atoms with Crippen molar-refractivity contribution in [1.29, 1.82) is 0 Å². The van der Waals surface area contributed by atoms with Crippen molar-refractivity contribution in [2.24, 2.45) is 11.8 Å². The molecule has 1 aromatic heterocycles. The number of benzene rings is 1. The van der Waals surface area contributed by atoms with Gasteiger partial charge in [-0.1, -0.05) is 13.0 Å². The first kappa shape index (κ1) is 13.1. The van der Waals surface area contributed by atoms with Crippen LogP contribution in [0.15, 0.2) is 18.2 Å². The Morgan fingerprint density at radius 1 is 1.47 bits per heavy atom. The number of piperidine rings is 1. The Kier molecular flexibility index (Phi) is 3.85. The van der Waals surface area contributed by atoms with E-state index in [4.69, 9.17) is 4.98 Å². The lowest BCUT2D eigenvalue weighted by molar-refractivity contribution is 0.279. The van der Waals surface area contributed by atoms with Crippen molar-refractivity contribution in [3.63, 3.8) is 0 Å². The standard InChI is InChI=1S/C16H22N2S/c1-11-5-6-15-14(8-11)18-16(19-15)9-12(2)13-4-3-7-17-10-13/h5-6,8,12-13,17H,3-4,7,9-10H2,1-2H3. The number of hydrogen-bond acceptors (Lipinski definition) is 3. The Labute approximate surface area is 119 Å². The highest BCUT2D eigenvalue weighted by molar-refractivity contribution is 7.18. The summed E-state index contributed by atoms with van der Waals surface area (Å²) in [5.41, 5.74) is 2.47. The van der Waals surface area contributed by atoms with E-state index in [0.717, 1.165) is 18.3 Å². The molecule has 0 radical (unpaired) electrons. The second-order valence-corrected chi connectivity index (χ2v) is 6.98. The molecule has 1 fully saturated rings. The molecule has 1 aromatic carbocycles. The molecular weight excluding hydrogens is 252 g/mol. The summed E-state index contributed by atoms with van der Waals surface area (Å²) in [6.07, 6.45) is 3.83. The van der Waals surface area contributed by atoms with E-state index in [1.165, 1.54) is 46.7 Å². The summed E-state index contributed by atoms with van der Waals surface area (Å²) >= 11 is 1.87. The Morgan fingerprint density at radius 2 is 2.37 bits per heavy atom. The molecule has 2 unspecified atom stereocenters. The van der Waals surface area contributed by atoms with Crippen LogP contribution in [-0.2, 0) is 6.42 Å². The van der Waals surface area contributed by atoms with Gasteiger partial charge in [-0.2, -0.15) is 0 Å². The molecule has 3 heteroatoms. The van der Waals surface area contributed by atoms with Crippen LogP contribution in [0.2, 0.25) is 0 Å². The second kappa shape index (κ2) is 5.59. The van der Waals surface area contributed by atoms with Crippen molar-refractivity contribution in [3.8, 4) is 0 Å². The van der Waals surface area contributed by atoms with Crippen LogP contribution >= 0.6 is 11.3 Å². The van der Waals surface area contributed by atoms with E-state index in [1.54, 1.807) is 0 Å². The van der Waals surface area contributed by atoms with Crippen LogP contribution in [0, 0.1) is 18.8 Å². The SMILES string of the molecule is Cc1ccc2sc(CC(C)C3CCCNC3)nc2c1. The molecule has 2 nitrogen and oxygen atoms in total. The highest BCUT2D eigenvalue weighted by Gasteiger charge is 2.21. The fraction of sp³-hybridized carbons (Fsp3) is 0.562. The van der Waals surface area contributed by atoms with Crippen LogP contribution in [0.1, 0.15) is 30.3 Å². The Balaban J connectivity index is 1.73. The van der Waals surface area contributed by atoms with E-state index in [1.807, 2.05) is 11.3 Å². The predicted octanol–water partition coefficient (Wildman–Crippen LogP) is 3.78. The van der Waals surface area contributed by atoms with E-state index in [9.17, 15) is 0 Å². The van der Waals surface area contributed by atoms with Gasteiger partial charge < -0.3 is 5.32 Å². The fourth-order valence-electron chi connectivity index (χ4n) is 2.98. The average molecular weight is 274 g/mol. The first-order valence-electron chi connectivity index (χ1n) is 7.29. The number of nitrogens with zero attached hydrogens (tertiary/aromatic N) is 1. The van der Waals surface area contributed by atoms with E-state index < -0.39 is 0 Å². The van der Waals surface area contributed by atoms with Gasteiger partial charge in [-0.05, 0) is 62.4 Å². The molecule has 102 valence electrons. The molecule has 3 rings (SSSR count). The lowest BCUT2D eigenvalue weighted by atomic mass is 9.86. The first-order chi connectivity index (χ1) is 9.22. The summed E-state index contributed by atoms with van der Waals surface area (Å²) in [5.74, 6) is 1.55. The van der Waals surface area contributed by atoms with Crippen molar-refractivity contribution >= 4 is 21.6 Å². The zero-order valence-electron chi connectivity index (χ0n) is 11.8. The van der Waals surface area contributed by atoms with Crippen molar-refractivity contribution < 1.29 is 0 Å². The minimum absolute atomic E-state index is 0.731. The lowest BCUT2D eigenvalue weighted by Gasteiger charge is -2.27. The first-order valence-corrected chi connectivity index (χ1v) is 8.11. The largest absolute Gasteiger partial charge is 0.316 e. The summed E-state index contributed by atoms with van der Waals surface area (Å²) in [7, 11) is 0. The van der Waals surface area contributed by atoms with Gasteiger partial charge in [0.25, 0.3) is 0 Å². The van der Waals surface area contributed by atoms with Crippen molar-refractivity contribution in [1.82, 2.24) is 10.3 Å². The minimum Gasteiger partial charge on any atom is -0.316 e. The van der Waals surface area contributed by atoms with Crippen LogP contribution in [0.25, 0.3) is 10.2 Å². The Bertz CT molecular complexity index is 555. The maximum atomic E-state index is 4.81. The summed E-state index contributed by atoms with van der Waals surface area (Å²) in [6, 6.07) is 6.58. The molecule has 0 saturated carbocycles. The Hall–Kier alpha value is -0.930. The van der Waals surface area contributed by atoms with Gasteiger partial charge in [0.05, 0.1) is 15.2 Å². The number of aromatic nitrogens is 1. The van der Waals surface area contributed by atoms with E-state index >= 15 is 0 Å². The van der Waals surface area contributed by atoms with Crippen molar-refractivity contribution in [2.45, 2.75) is 33.1 Å². The Morgan fingerprint density at radius 3 is 3.16 bits per heavy atom. The van der Waals surface area contributed by atoms with Crippen LogP contribution in [0.5, 0.6) is 0 Å². The highest BCUT2D eigenvalue weighted by atomic mass is 32.1. The smallest absolute Gasteiger partial charge is 0.0941 e. The number of fused-ring (bicyclic) bond motifs is 1. The zero-order chi connectivity index (χ0) is 13.2. The van der Waals surface area contributed by atoms with Gasteiger partial charge in [-0.15, -0.1) is 11.3 Å². The third-order valence-corrected chi connectivity index (χ3v) is 5.28. The third-order valence-electron chi connectivity index (χ3n) is 4.22. The van der Waals surface area contributed by atoms with Crippen molar-refractivity contribution in [3.05, 3.63) is 28.8 Å². The molecule has 2 aromatic rings. The molecule has 0 spiro atoms. The summed E-state index contributed by atoms with van der Waals surface area (Å²) in [6.45, 7) is 6.90. The fourth-order valence-corrected chi connectivity index (χ4v) is 4.07. The molecule has 2 heterocycles. The molecular formula is C16H22N2S. The van der Waals surface area contributed by atoms with Crippen LogP contribution in [-0.4, -0.2) is 18.1 Å². The van der Waals surface area contributed by atoms with Crippen molar-refractivity contribution in [2.75, 3.05) is 13.1 Å². The van der Waals surface area contributed by atoms with Gasteiger partial charge in [0.1, 0.15) is 0 Å². The molecule has 0 aliphatic carbocycles. The van der Waals surface area contributed by atoms with E-state index in [2.05, 4.69) is 37.4 Å². The molecule has 19 heavy (non-hydrogen) atoms. The number of thiazole rings is 1. The highest BCUT2D eigenvalue weighted by Crippen LogP contribution is 2.28. The van der Waals surface area contributed by atoms with Gasteiger partial charge in [-0.3, -0.25) is 0 Å². The molecule has 1 saturated heterocycles. The number of aryl methyl sites for hydroxylation is 1. The monoisotopic (exact) mass is 274 g/mol. The maximum absolute atomic E-state index is 4.81. The predicted molar refractivity (Wildman–Crippen MR) is 82.8 cm³/mol. The topological polar surface area (TPSA) is 24.9 Å². The van der Waals surface area contributed by atoms with Gasteiger partial charge in [-0.25, -0.2) is 4.98 Å². The van der Waals surface area contributed by atoms with Gasteiger partial charge in [0.15, 0.2) is 0 Å². The van der Waals surface area contributed by atoms with E-state index in [0.29, 0.717) is 0 Å². The van der Waals surface area contributed by atoms with E-state index in [-0.39, 0.29) is 0 Å². The zero-order valence-corrected chi connectivity index (χ0v) is 12.6. The maximum Gasteiger partial charge on any atom is 0.0941 e.